The van der Waals surface area contributed by atoms with Crippen LogP contribution < -0.4 is 10.1 Å². The molecule has 0 saturated carbocycles. The van der Waals surface area contributed by atoms with Gasteiger partial charge < -0.3 is 19.0 Å². The zero-order valence-electron chi connectivity index (χ0n) is 16.4. The Bertz CT molecular complexity index is 1150. The quantitative estimate of drug-likeness (QED) is 0.509. The number of rotatable bonds is 7. The molecule has 0 bridgehead atoms. The molecule has 1 N–H and O–H groups in total. The number of carbonyl (C=O) groups is 1. The average molecular weight is 390 g/mol. The fourth-order valence-electron chi connectivity index (χ4n) is 3.16. The van der Waals surface area contributed by atoms with E-state index in [0.717, 1.165) is 16.5 Å². The smallest absolute Gasteiger partial charge is 0.247 e. The predicted octanol–water partition coefficient (Wildman–Crippen LogP) is 4.29. The molecule has 2 aromatic carbocycles. The molecule has 4 aromatic rings. The van der Waals surface area contributed by atoms with Crippen molar-refractivity contribution in [3.63, 3.8) is 0 Å². The topological polar surface area (TPSA) is 82.2 Å². The third-order valence-corrected chi connectivity index (χ3v) is 4.57. The molecule has 1 amide bonds. The molecule has 148 valence electrons. The molecular weight excluding hydrogens is 368 g/mol. The third-order valence-electron chi connectivity index (χ3n) is 4.57. The lowest BCUT2D eigenvalue weighted by molar-refractivity contribution is -0.116. The molecule has 7 heteroatoms. The Morgan fingerprint density at radius 1 is 1.14 bits per heavy atom. The van der Waals surface area contributed by atoms with Crippen LogP contribution in [-0.4, -0.2) is 27.3 Å². The van der Waals surface area contributed by atoms with E-state index in [0.29, 0.717) is 36.2 Å². The second kappa shape index (κ2) is 8.18. The minimum absolute atomic E-state index is 0.133. The van der Waals surface area contributed by atoms with E-state index in [4.69, 9.17) is 9.15 Å². The fraction of sp³-hybridized carbons (Fsp3) is 0.227. The second-order valence-electron chi connectivity index (χ2n) is 6.55. The first-order valence-electron chi connectivity index (χ1n) is 9.61. The molecule has 0 radical (unpaired) electrons. The molecule has 0 saturated heterocycles. The Morgan fingerprint density at radius 3 is 2.79 bits per heavy atom. The summed E-state index contributed by atoms with van der Waals surface area (Å²) in [7, 11) is 0. The zero-order valence-corrected chi connectivity index (χ0v) is 16.4. The molecule has 0 fully saturated rings. The Kier molecular flexibility index (Phi) is 5.29. The van der Waals surface area contributed by atoms with Gasteiger partial charge in [0.25, 0.3) is 0 Å². The first kappa shape index (κ1) is 18.7. The van der Waals surface area contributed by atoms with Crippen LogP contribution >= 0.6 is 0 Å². The summed E-state index contributed by atoms with van der Waals surface area (Å²) in [6, 6.07) is 15.3. The van der Waals surface area contributed by atoms with Gasteiger partial charge in [0.15, 0.2) is 0 Å². The molecule has 0 unspecified atom stereocenters. The van der Waals surface area contributed by atoms with Crippen molar-refractivity contribution in [3.05, 3.63) is 60.6 Å². The van der Waals surface area contributed by atoms with Gasteiger partial charge >= 0.3 is 0 Å². The van der Waals surface area contributed by atoms with Crippen molar-refractivity contribution in [3.8, 4) is 17.2 Å². The van der Waals surface area contributed by atoms with Gasteiger partial charge in [-0.15, -0.1) is 10.2 Å². The number of aryl methyl sites for hydroxylation is 1. The summed E-state index contributed by atoms with van der Waals surface area (Å²) in [5.74, 6) is 1.60. The zero-order chi connectivity index (χ0) is 20.2. The van der Waals surface area contributed by atoms with Crippen molar-refractivity contribution in [2.24, 2.45) is 0 Å². The van der Waals surface area contributed by atoms with Crippen LogP contribution in [0.5, 0.6) is 5.75 Å². The van der Waals surface area contributed by atoms with Crippen LogP contribution in [0.3, 0.4) is 0 Å². The number of hydrogen-bond donors (Lipinski definition) is 1. The number of fused-ring (bicyclic) bond motifs is 1. The number of aromatic nitrogens is 3. The van der Waals surface area contributed by atoms with E-state index in [2.05, 4.69) is 15.5 Å². The standard InChI is InChI=1S/C22H22N4O3/c1-3-21-24-25-22(29-21)16-10-9-15-11-12-26(18(15)13-16)14-20(27)23-17-7-5-6-8-19(17)28-4-2/h5-13H,3-4,14H2,1-2H3,(H,23,27). The van der Waals surface area contributed by atoms with Crippen molar-refractivity contribution >= 4 is 22.5 Å². The van der Waals surface area contributed by atoms with Crippen LogP contribution in [0.1, 0.15) is 19.7 Å². The van der Waals surface area contributed by atoms with Gasteiger partial charge in [-0.05, 0) is 42.6 Å². The van der Waals surface area contributed by atoms with Gasteiger partial charge in [-0.1, -0.05) is 25.1 Å². The van der Waals surface area contributed by atoms with Crippen LogP contribution in [0.2, 0.25) is 0 Å². The summed E-state index contributed by atoms with van der Waals surface area (Å²) in [4.78, 5) is 12.6. The van der Waals surface area contributed by atoms with Crippen molar-refractivity contribution in [1.29, 1.82) is 0 Å². The molecule has 4 rings (SSSR count). The predicted molar refractivity (Wildman–Crippen MR) is 111 cm³/mol. The molecule has 0 aliphatic carbocycles. The molecule has 2 heterocycles. The van der Waals surface area contributed by atoms with Gasteiger partial charge in [0, 0.05) is 23.7 Å². The summed E-state index contributed by atoms with van der Waals surface area (Å²) in [6.45, 7) is 4.59. The van der Waals surface area contributed by atoms with Gasteiger partial charge in [0.1, 0.15) is 12.3 Å². The molecule has 29 heavy (non-hydrogen) atoms. The third kappa shape index (κ3) is 3.99. The largest absolute Gasteiger partial charge is 0.492 e. The highest BCUT2D eigenvalue weighted by Gasteiger charge is 2.12. The molecule has 7 nitrogen and oxygen atoms in total. The van der Waals surface area contributed by atoms with Crippen LogP contribution in [0, 0.1) is 0 Å². The van der Waals surface area contributed by atoms with Crippen molar-refractivity contribution in [2.45, 2.75) is 26.8 Å². The number of benzene rings is 2. The van der Waals surface area contributed by atoms with Crippen molar-refractivity contribution < 1.29 is 13.9 Å². The molecule has 0 atom stereocenters. The van der Waals surface area contributed by atoms with E-state index in [1.165, 1.54) is 0 Å². The van der Waals surface area contributed by atoms with Crippen LogP contribution in [0.4, 0.5) is 5.69 Å². The SMILES string of the molecule is CCOc1ccccc1NC(=O)Cn1ccc2ccc(-c3nnc(CC)o3)cc21. The van der Waals surface area contributed by atoms with E-state index >= 15 is 0 Å². The molecular formula is C22H22N4O3. The first-order valence-corrected chi connectivity index (χ1v) is 9.61. The normalized spacial score (nSPS) is 11.0. The van der Waals surface area contributed by atoms with E-state index in [9.17, 15) is 4.79 Å². The summed E-state index contributed by atoms with van der Waals surface area (Å²) in [5.41, 5.74) is 2.41. The number of carbonyl (C=O) groups excluding carboxylic acids is 1. The lowest BCUT2D eigenvalue weighted by Gasteiger charge is -2.12. The highest BCUT2D eigenvalue weighted by molar-refractivity contribution is 5.93. The number of nitrogens with one attached hydrogen (secondary N) is 1. The van der Waals surface area contributed by atoms with E-state index in [1.807, 2.05) is 73.1 Å². The fourth-order valence-corrected chi connectivity index (χ4v) is 3.16. The lowest BCUT2D eigenvalue weighted by atomic mass is 10.1. The highest BCUT2D eigenvalue weighted by Crippen LogP contribution is 2.26. The maximum Gasteiger partial charge on any atom is 0.247 e. The Labute approximate surface area is 168 Å². The average Bonchev–Trinajstić information content (AvgIpc) is 3.36. The minimum Gasteiger partial charge on any atom is -0.492 e. The maximum atomic E-state index is 12.6. The monoisotopic (exact) mass is 390 g/mol. The van der Waals surface area contributed by atoms with Crippen molar-refractivity contribution in [2.75, 3.05) is 11.9 Å². The number of ether oxygens (including phenoxy) is 1. The van der Waals surface area contributed by atoms with Gasteiger partial charge in [-0.3, -0.25) is 4.79 Å². The van der Waals surface area contributed by atoms with E-state index in [-0.39, 0.29) is 12.5 Å². The minimum atomic E-state index is -0.133. The Balaban J connectivity index is 1.56. The molecule has 0 spiro atoms. The molecule has 2 aromatic heterocycles. The first-order chi connectivity index (χ1) is 14.2. The number of hydrogen-bond acceptors (Lipinski definition) is 5. The molecule has 0 aliphatic heterocycles. The summed E-state index contributed by atoms with van der Waals surface area (Å²) in [5, 5.41) is 12.1. The van der Waals surface area contributed by atoms with Crippen LogP contribution in [0.25, 0.3) is 22.4 Å². The number of amides is 1. The summed E-state index contributed by atoms with van der Waals surface area (Å²) in [6.07, 6.45) is 2.59. The second-order valence-corrected chi connectivity index (χ2v) is 6.55. The van der Waals surface area contributed by atoms with Crippen LogP contribution in [0.15, 0.2) is 59.1 Å². The molecule has 0 aliphatic rings. The van der Waals surface area contributed by atoms with Gasteiger partial charge in [0.05, 0.1) is 12.3 Å². The Hall–Kier alpha value is -3.61. The number of anilines is 1. The lowest BCUT2D eigenvalue weighted by Crippen LogP contribution is -2.18. The van der Waals surface area contributed by atoms with Crippen LogP contribution in [-0.2, 0) is 17.8 Å². The van der Waals surface area contributed by atoms with Gasteiger partial charge in [-0.25, -0.2) is 0 Å². The summed E-state index contributed by atoms with van der Waals surface area (Å²) >= 11 is 0. The summed E-state index contributed by atoms with van der Waals surface area (Å²) < 4.78 is 13.1. The van der Waals surface area contributed by atoms with E-state index < -0.39 is 0 Å². The number of para-hydroxylation sites is 2. The maximum absolute atomic E-state index is 12.6. The Morgan fingerprint density at radius 2 is 2.00 bits per heavy atom. The highest BCUT2D eigenvalue weighted by atomic mass is 16.5. The van der Waals surface area contributed by atoms with Gasteiger partial charge in [-0.2, -0.15) is 0 Å². The van der Waals surface area contributed by atoms with Gasteiger partial charge in [0.2, 0.25) is 17.7 Å². The number of nitrogens with zero attached hydrogens (tertiary/aromatic N) is 3. The van der Waals surface area contributed by atoms with Crippen molar-refractivity contribution in [1.82, 2.24) is 14.8 Å². The van der Waals surface area contributed by atoms with E-state index in [1.54, 1.807) is 0 Å².